The van der Waals surface area contributed by atoms with Crippen LogP contribution in [-0.4, -0.2) is 54.8 Å². The molecule has 1 aromatic carbocycles. The van der Waals surface area contributed by atoms with Gasteiger partial charge in [0.2, 0.25) is 0 Å². The van der Waals surface area contributed by atoms with Crippen molar-refractivity contribution in [2.75, 3.05) is 18.6 Å². The third-order valence-corrected chi connectivity index (χ3v) is 7.67. The van der Waals surface area contributed by atoms with Crippen LogP contribution in [-0.2, 0) is 0 Å². The second-order valence-corrected chi connectivity index (χ2v) is 10.3. The van der Waals surface area contributed by atoms with Crippen LogP contribution in [0.5, 0.6) is 0 Å². The Hall–Kier alpha value is -2.34. The fraction of sp³-hybridized carbons (Fsp3) is 0.318. The molecule has 1 N–H and O–H groups in total. The van der Waals surface area contributed by atoms with Crippen LogP contribution in [0.3, 0.4) is 0 Å². The van der Waals surface area contributed by atoms with Gasteiger partial charge in [-0.15, -0.1) is 11.3 Å². The lowest BCUT2D eigenvalue weighted by molar-refractivity contribution is 0.0564. The van der Waals surface area contributed by atoms with E-state index in [2.05, 4.69) is 10.1 Å². The maximum absolute atomic E-state index is 13.8. The monoisotopic (exact) mass is 525 g/mol. The van der Waals surface area contributed by atoms with E-state index >= 15 is 0 Å². The summed E-state index contributed by atoms with van der Waals surface area (Å²) in [5.41, 5.74) is 0.990. The molecule has 0 radical (unpaired) electrons. The number of benzene rings is 1. The predicted molar refractivity (Wildman–Crippen MR) is 128 cm³/mol. The number of hydrogen-bond acceptors (Lipinski definition) is 7. The van der Waals surface area contributed by atoms with E-state index in [1.54, 1.807) is 6.20 Å². The van der Waals surface area contributed by atoms with Crippen molar-refractivity contribution in [2.24, 2.45) is 4.99 Å². The topological polar surface area (TPSA) is 66.5 Å². The average Bonchev–Trinajstić information content (AvgIpc) is 3.53. The number of hydrogen-bond donors (Lipinski definition) is 1. The molecule has 0 saturated carbocycles. The molecule has 34 heavy (non-hydrogen) atoms. The molecule has 2 aliphatic rings. The Morgan fingerprint density at radius 3 is 2.82 bits per heavy atom. The zero-order valence-electron chi connectivity index (χ0n) is 17.8. The summed E-state index contributed by atoms with van der Waals surface area (Å²) in [6.45, 7) is -2.54. The summed E-state index contributed by atoms with van der Waals surface area (Å²) in [4.78, 5) is 11.2. The van der Waals surface area contributed by atoms with E-state index in [1.165, 1.54) is 53.6 Å². The third kappa shape index (κ3) is 4.15. The highest BCUT2D eigenvalue weighted by molar-refractivity contribution is 7.98. The van der Waals surface area contributed by atoms with Gasteiger partial charge in [0.15, 0.2) is 10.8 Å². The number of aliphatic hydroxyl groups is 1. The summed E-state index contributed by atoms with van der Waals surface area (Å²) in [5.74, 6) is 0.518. The molecule has 178 valence electrons. The smallest absolute Gasteiger partial charge is 0.333 e. The highest BCUT2D eigenvalue weighted by atomic mass is 35.5. The van der Waals surface area contributed by atoms with E-state index in [9.17, 15) is 18.3 Å². The van der Waals surface area contributed by atoms with Crippen molar-refractivity contribution in [1.82, 2.24) is 19.7 Å². The SMILES string of the molecule is CSC[C@@]1(O)CC2=C(c3ccn(C(F)F)n3)[C@H](c3ccc(F)cc3Cl)N=C(c3nccs3)N2C1. The Balaban J connectivity index is 1.74. The van der Waals surface area contributed by atoms with Gasteiger partial charge in [0, 0.05) is 51.8 Å². The molecule has 6 nitrogen and oxygen atoms in total. The summed E-state index contributed by atoms with van der Waals surface area (Å²) in [5, 5.41) is 18.1. The molecule has 3 aromatic rings. The maximum atomic E-state index is 13.8. The van der Waals surface area contributed by atoms with E-state index < -0.39 is 24.0 Å². The van der Waals surface area contributed by atoms with Gasteiger partial charge in [-0.05, 0) is 24.5 Å². The van der Waals surface area contributed by atoms with Crippen LogP contribution < -0.4 is 0 Å². The lowest BCUT2D eigenvalue weighted by Crippen LogP contribution is -2.39. The molecule has 4 heterocycles. The molecular formula is C22H19ClF3N5OS2. The zero-order valence-corrected chi connectivity index (χ0v) is 20.2. The van der Waals surface area contributed by atoms with Crippen LogP contribution in [0.4, 0.5) is 13.2 Å². The second kappa shape index (κ2) is 9.03. The van der Waals surface area contributed by atoms with E-state index in [0.717, 1.165) is 0 Å². The van der Waals surface area contributed by atoms with Gasteiger partial charge >= 0.3 is 6.55 Å². The number of amidine groups is 1. The molecule has 2 aliphatic heterocycles. The van der Waals surface area contributed by atoms with Crippen LogP contribution in [0.2, 0.25) is 5.02 Å². The van der Waals surface area contributed by atoms with Gasteiger partial charge in [-0.1, -0.05) is 17.7 Å². The molecule has 5 rings (SSSR count). The predicted octanol–water partition coefficient (Wildman–Crippen LogP) is 5.24. The highest BCUT2D eigenvalue weighted by Gasteiger charge is 2.46. The fourth-order valence-electron chi connectivity index (χ4n) is 4.41. The number of fused-ring (bicyclic) bond motifs is 1. The second-order valence-electron chi connectivity index (χ2n) is 8.10. The van der Waals surface area contributed by atoms with E-state index in [0.29, 0.717) is 43.8 Å². The number of aliphatic imine (C=N–C) groups is 1. The minimum absolute atomic E-state index is 0.157. The third-order valence-electron chi connectivity index (χ3n) is 5.74. The van der Waals surface area contributed by atoms with Crippen molar-refractivity contribution in [1.29, 1.82) is 0 Å². The summed E-state index contributed by atoms with van der Waals surface area (Å²) in [6, 6.07) is 4.75. The zero-order chi connectivity index (χ0) is 24.0. The standard InChI is InChI=1S/C22H19ClF3N5OS2/c1-33-11-22(32)9-16-17(15-4-6-31(29-15)21(25)26)18(13-3-2-12(24)8-14(13)23)28-19(30(16)10-22)20-27-5-7-34-20/h2-8,18,21,32H,9-11H2,1H3/t18-,22+/m0/s1. The van der Waals surface area contributed by atoms with Crippen molar-refractivity contribution >= 4 is 46.1 Å². The molecule has 12 heteroatoms. The highest BCUT2D eigenvalue weighted by Crippen LogP contribution is 2.48. The van der Waals surface area contributed by atoms with Crippen molar-refractivity contribution in [3.63, 3.8) is 0 Å². The van der Waals surface area contributed by atoms with Crippen molar-refractivity contribution < 1.29 is 18.3 Å². The molecule has 0 bridgehead atoms. The molecule has 1 fully saturated rings. The number of aromatic nitrogens is 3. The first-order valence-electron chi connectivity index (χ1n) is 10.3. The molecular weight excluding hydrogens is 507 g/mol. The number of rotatable bonds is 6. The number of nitrogens with zero attached hydrogens (tertiary/aromatic N) is 5. The first-order chi connectivity index (χ1) is 16.3. The number of alkyl halides is 2. The van der Waals surface area contributed by atoms with Crippen LogP contribution in [0.15, 0.2) is 52.7 Å². The first kappa shape index (κ1) is 23.4. The Labute approximate surface area is 206 Å². The van der Waals surface area contributed by atoms with Crippen LogP contribution in [0, 0.1) is 5.82 Å². The quantitative estimate of drug-likeness (QED) is 0.477. The average molecular weight is 526 g/mol. The summed E-state index contributed by atoms with van der Waals surface area (Å²) in [6.07, 6.45) is 5.04. The minimum atomic E-state index is -2.81. The van der Waals surface area contributed by atoms with Gasteiger partial charge in [-0.2, -0.15) is 25.6 Å². The van der Waals surface area contributed by atoms with E-state index in [4.69, 9.17) is 16.6 Å². The summed E-state index contributed by atoms with van der Waals surface area (Å²) < 4.78 is 41.1. The number of thioether (sulfide) groups is 1. The number of thiazole rings is 1. The van der Waals surface area contributed by atoms with Crippen molar-refractivity contribution in [3.8, 4) is 0 Å². The lowest BCUT2D eigenvalue weighted by Gasteiger charge is -2.32. The van der Waals surface area contributed by atoms with E-state index in [-0.39, 0.29) is 18.0 Å². The lowest BCUT2D eigenvalue weighted by atomic mass is 9.91. The van der Waals surface area contributed by atoms with Crippen LogP contribution in [0.1, 0.15) is 35.3 Å². The van der Waals surface area contributed by atoms with Gasteiger partial charge in [0.25, 0.3) is 0 Å². The molecule has 0 unspecified atom stereocenters. The summed E-state index contributed by atoms with van der Waals surface area (Å²) in [7, 11) is 0. The van der Waals surface area contributed by atoms with Gasteiger partial charge in [0.05, 0.1) is 17.8 Å². The molecule has 0 spiro atoms. The van der Waals surface area contributed by atoms with Gasteiger partial charge in [0.1, 0.15) is 11.9 Å². The molecule has 0 amide bonds. The Kier molecular flexibility index (Phi) is 6.21. The van der Waals surface area contributed by atoms with E-state index in [1.807, 2.05) is 16.5 Å². The Morgan fingerprint density at radius 1 is 1.35 bits per heavy atom. The first-order valence-corrected chi connectivity index (χ1v) is 12.9. The Bertz CT molecular complexity index is 1280. The molecule has 2 aromatic heterocycles. The normalized spacial score (nSPS) is 22.5. The number of halogens is 4. The van der Waals surface area contributed by atoms with Gasteiger partial charge < -0.3 is 10.0 Å². The minimum Gasteiger partial charge on any atom is -0.387 e. The fourth-order valence-corrected chi connectivity index (χ4v) is 6.05. The van der Waals surface area contributed by atoms with Crippen molar-refractivity contribution in [2.45, 2.75) is 24.6 Å². The summed E-state index contributed by atoms with van der Waals surface area (Å²) >= 11 is 9.35. The molecule has 1 saturated heterocycles. The molecule has 2 atom stereocenters. The molecule has 0 aliphatic carbocycles. The van der Waals surface area contributed by atoms with Crippen molar-refractivity contribution in [3.05, 3.63) is 74.8 Å². The maximum Gasteiger partial charge on any atom is 0.333 e. The van der Waals surface area contributed by atoms with Crippen LogP contribution >= 0.6 is 34.7 Å². The largest absolute Gasteiger partial charge is 0.387 e. The van der Waals surface area contributed by atoms with Gasteiger partial charge in [-0.25, -0.2) is 14.1 Å². The van der Waals surface area contributed by atoms with Gasteiger partial charge in [-0.3, -0.25) is 4.99 Å². The Morgan fingerprint density at radius 2 is 2.18 bits per heavy atom. The van der Waals surface area contributed by atoms with Crippen LogP contribution in [0.25, 0.3) is 5.57 Å².